The van der Waals surface area contributed by atoms with Crippen LogP contribution in [0.2, 0.25) is 0 Å². The van der Waals surface area contributed by atoms with E-state index in [0.29, 0.717) is 10.9 Å². The molecule has 0 unspecified atom stereocenters. The Labute approximate surface area is 195 Å². The Kier molecular flexibility index (Phi) is 5.32. The fourth-order valence-electron chi connectivity index (χ4n) is 4.51. The molecule has 0 saturated carbocycles. The molecule has 1 atom stereocenters. The van der Waals surface area contributed by atoms with Crippen molar-refractivity contribution in [3.63, 3.8) is 0 Å². The van der Waals surface area contributed by atoms with Gasteiger partial charge in [-0.1, -0.05) is 68.1 Å². The van der Waals surface area contributed by atoms with Crippen molar-refractivity contribution in [2.75, 3.05) is 11.1 Å². The lowest BCUT2D eigenvalue weighted by atomic mass is 9.69. The number of carbonyl (C=O) groups is 1. The molecule has 5 rings (SSSR count). The van der Waals surface area contributed by atoms with E-state index in [1.54, 1.807) is 16.1 Å². The molecule has 1 aliphatic rings. The van der Waals surface area contributed by atoms with E-state index in [0.717, 1.165) is 35.3 Å². The zero-order valence-electron chi connectivity index (χ0n) is 18.8. The minimum atomic E-state index is -0.322. The van der Waals surface area contributed by atoms with Crippen LogP contribution in [0.25, 0.3) is 17.0 Å². The van der Waals surface area contributed by atoms with Gasteiger partial charge in [-0.15, -0.1) is 5.10 Å². The third kappa shape index (κ3) is 3.64. The number of fused-ring (bicyclic) bond motifs is 4. The summed E-state index contributed by atoms with van der Waals surface area (Å²) in [6.07, 6.45) is 1.61. The first-order valence-electron chi connectivity index (χ1n) is 11.0. The highest BCUT2D eigenvalue weighted by Gasteiger charge is 2.38. The van der Waals surface area contributed by atoms with Crippen molar-refractivity contribution in [3.8, 4) is 11.3 Å². The maximum atomic E-state index is 13.9. The van der Waals surface area contributed by atoms with Crippen LogP contribution < -0.4 is 10.9 Å². The molecule has 7 nitrogen and oxygen atoms in total. The molecule has 2 aromatic heterocycles. The summed E-state index contributed by atoms with van der Waals surface area (Å²) in [5.74, 6) is 0.453. The monoisotopic (exact) mass is 459 g/mol. The minimum absolute atomic E-state index is 0.104. The van der Waals surface area contributed by atoms with E-state index in [1.807, 2.05) is 48.5 Å². The van der Waals surface area contributed by atoms with Gasteiger partial charge in [0.1, 0.15) is 0 Å². The number of nitrogens with zero attached hydrogens (tertiary/aromatic N) is 4. The Bertz CT molecular complexity index is 1430. The Hall–Kier alpha value is -3.39. The van der Waals surface area contributed by atoms with Gasteiger partial charge >= 0.3 is 0 Å². The van der Waals surface area contributed by atoms with Gasteiger partial charge in [0, 0.05) is 23.7 Å². The Morgan fingerprint density at radius 2 is 1.88 bits per heavy atom. The summed E-state index contributed by atoms with van der Waals surface area (Å²) in [7, 11) is 1.77. The van der Waals surface area contributed by atoms with Crippen LogP contribution in [-0.2, 0) is 23.7 Å². The van der Waals surface area contributed by atoms with Gasteiger partial charge in [-0.25, -0.2) is 14.1 Å². The lowest BCUT2D eigenvalue weighted by molar-refractivity contribution is -0.113. The van der Waals surface area contributed by atoms with Crippen LogP contribution in [0.1, 0.15) is 31.4 Å². The van der Waals surface area contributed by atoms with E-state index in [-0.39, 0.29) is 22.6 Å². The molecule has 0 fully saturated rings. The molecule has 1 amide bonds. The van der Waals surface area contributed by atoms with Crippen LogP contribution in [0.3, 0.4) is 0 Å². The van der Waals surface area contributed by atoms with E-state index >= 15 is 0 Å². The zero-order valence-corrected chi connectivity index (χ0v) is 19.6. The summed E-state index contributed by atoms with van der Waals surface area (Å²) in [5, 5.41) is 7.86. The van der Waals surface area contributed by atoms with Gasteiger partial charge in [0.2, 0.25) is 11.7 Å². The summed E-state index contributed by atoms with van der Waals surface area (Å²) >= 11 is 1.24. The van der Waals surface area contributed by atoms with E-state index in [4.69, 9.17) is 4.98 Å². The minimum Gasteiger partial charge on any atom is -0.325 e. The van der Waals surface area contributed by atoms with Crippen molar-refractivity contribution in [2.24, 2.45) is 7.05 Å². The van der Waals surface area contributed by atoms with Gasteiger partial charge in [-0.2, -0.15) is 0 Å². The normalized spacial score (nSPS) is 16.9. The van der Waals surface area contributed by atoms with Gasteiger partial charge < -0.3 is 5.32 Å². The SMILES string of the molecule is CC[C@@]1(C)Cc2ccccc2-c2nc3n(C)nc(SCC(=O)Nc4ccccc4)n3c(=O)c21. The second-order valence-electron chi connectivity index (χ2n) is 8.63. The van der Waals surface area contributed by atoms with E-state index in [1.165, 1.54) is 17.3 Å². The van der Waals surface area contributed by atoms with Crippen molar-refractivity contribution in [1.82, 2.24) is 19.2 Å². The maximum Gasteiger partial charge on any atom is 0.265 e. The molecule has 0 radical (unpaired) electrons. The number of anilines is 1. The third-order valence-electron chi connectivity index (χ3n) is 6.41. The first kappa shape index (κ1) is 21.5. The van der Waals surface area contributed by atoms with Crippen LogP contribution in [-0.4, -0.2) is 30.8 Å². The van der Waals surface area contributed by atoms with Gasteiger partial charge in [0.15, 0.2) is 5.16 Å². The van der Waals surface area contributed by atoms with E-state index in [2.05, 4.69) is 30.3 Å². The summed E-state index contributed by atoms with van der Waals surface area (Å²) in [4.78, 5) is 31.3. The molecule has 168 valence electrons. The zero-order chi connectivity index (χ0) is 23.2. The molecule has 1 aliphatic carbocycles. The quantitative estimate of drug-likeness (QED) is 0.456. The molecule has 2 heterocycles. The summed E-state index contributed by atoms with van der Waals surface area (Å²) in [5.41, 5.74) is 4.00. The molecular formula is C25H25N5O2S. The highest BCUT2D eigenvalue weighted by molar-refractivity contribution is 7.99. The predicted octanol–water partition coefficient (Wildman–Crippen LogP) is 4.05. The Morgan fingerprint density at radius 3 is 2.64 bits per heavy atom. The number of aromatic nitrogens is 4. The molecule has 4 aromatic rings. The van der Waals surface area contributed by atoms with Crippen molar-refractivity contribution in [3.05, 3.63) is 76.1 Å². The molecule has 33 heavy (non-hydrogen) atoms. The van der Waals surface area contributed by atoms with Crippen molar-refractivity contribution < 1.29 is 4.79 Å². The predicted molar refractivity (Wildman–Crippen MR) is 131 cm³/mol. The standard InChI is InChI=1S/C25H25N5O2S/c1-4-25(2)14-16-10-8-9-13-18(16)21-20(25)22(32)30-23(27-21)29(3)28-24(30)33-15-19(31)26-17-11-6-5-7-12-17/h5-13H,4,14-15H2,1-3H3,(H,26,31)/t25-/m0/s1. The molecule has 0 bridgehead atoms. The number of hydrogen-bond acceptors (Lipinski definition) is 5. The average molecular weight is 460 g/mol. The first-order valence-corrected chi connectivity index (χ1v) is 12.0. The van der Waals surface area contributed by atoms with Crippen molar-refractivity contribution in [1.29, 1.82) is 0 Å². The van der Waals surface area contributed by atoms with Crippen molar-refractivity contribution in [2.45, 2.75) is 37.3 Å². The number of amides is 1. The van der Waals surface area contributed by atoms with Gasteiger partial charge in [0.05, 0.1) is 17.0 Å². The second-order valence-corrected chi connectivity index (χ2v) is 9.58. The number of hydrogen-bond donors (Lipinski definition) is 1. The topological polar surface area (TPSA) is 81.3 Å². The lowest BCUT2D eigenvalue weighted by Gasteiger charge is -2.34. The number of thioether (sulfide) groups is 1. The van der Waals surface area contributed by atoms with Gasteiger partial charge in [-0.3, -0.25) is 9.59 Å². The first-order chi connectivity index (χ1) is 15.9. The Morgan fingerprint density at radius 1 is 1.15 bits per heavy atom. The second kappa shape index (κ2) is 8.19. The smallest absolute Gasteiger partial charge is 0.265 e. The van der Waals surface area contributed by atoms with Crippen LogP contribution in [0.4, 0.5) is 5.69 Å². The fraction of sp³-hybridized carbons (Fsp3) is 0.280. The van der Waals surface area contributed by atoms with Crippen LogP contribution in [0.5, 0.6) is 0 Å². The highest BCUT2D eigenvalue weighted by Crippen LogP contribution is 2.42. The summed E-state index contributed by atoms with van der Waals surface area (Å²) in [6, 6.07) is 17.5. The maximum absolute atomic E-state index is 13.9. The molecule has 2 aromatic carbocycles. The number of carbonyl (C=O) groups excluding carboxylic acids is 1. The third-order valence-corrected chi connectivity index (χ3v) is 7.34. The van der Waals surface area contributed by atoms with Crippen molar-refractivity contribution >= 4 is 29.1 Å². The van der Waals surface area contributed by atoms with E-state index in [9.17, 15) is 9.59 Å². The molecule has 0 spiro atoms. The molecule has 0 aliphatic heterocycles. The Balaban J connectivity index is 1.56. The number of benzene rings is 2. The number of aryl methyl sites for hydroxylation is 1. The summed E-state index contributed by atoms with van der Waals surface area (Å²) < 4.78 is 3.17. The fourth-order valence-corrected chi connectivity index (χ4v) is 5.32. The number of nitrogens with one attached hydrogen (secondary N) is 1. The number of rotatable bonds is 5. The van der Waals surface area contributed by atoms with Crippen LogP contribution in [0, 0.1) is 0 Å². The lowest BCUT2D eigenvalue weighted by Crippen LogP contribution is -2.37. The van der Waals surface area contributed by atoms with Crippen LogP contribution >= 0.6 is 11.8 Å². The summed E-state index contributed by atoms with van der Waals surface area (Å²) in [6.45, 7) is 4.24. The molecule has 1 N–H and O–H groups in total. The number of para-hydroxylation sites is 1. The molecular weight excluding hydrogens is 434 g/mol. The average Bonchev–Trinajstić information content (AvgIpc) is 3.14. The highest BCUT2D eigenvalue weighted by atomic mass is 32.2. The van der Waals surface area contributed by atoms with Gasteiger partial charge in [-0.05, 0) is 30.5 Å². The van der Waals surface area contributed by atoms with E-state index < -0.39 is 0 Å². The largest absolute Gasteiger partial charge is 0.325 e. The molecule has 0 saturated heterocycles. The molecule has 8 heteroatoms. The van der Waals surface area contributed by atoms with Crippen LogP contribution in [0.15, 0.2) is 64.5 Å². The van der Waals surface area contributed by atoms with Gasteiger partial charge in [0.25, 0.3) is 5.56 Å².